The molecule has 0 aromatic carbocycles. The van der Waals surface area contributed by atoms with E-state index in [-0.39, 0.29) is 6.03 Å². The molecular weight excluding hydrogens is 270 g/mol. The Labute approximate surface area is 103 Å². The highest BCUT2D eigenvalue weighted by Crippen LogP contribution is 2.27. The Morgan fingerprint density at radius 1 is 1.62 bits per heavy atom. The number of carbonyl (C=O) groups excluding carboxylic acids is 1. The highest BCUT2D eigenvalue weighted by Gasteiger charge is 2.21. The number of urea groups is 1. The number of anilines is 1. The van der Waals surface area contributed by atoms with Crippen molar-refractivity contribution in [2.45, 2.75) is 19.8 Å². The Kier molecular flexibility index (Phi) is 3.43. The van der Waals surface area contributed by atoms with Crippen molar-refractivity contribution in [3.05, 3.63) is 22.4 Å². The maximum Gasteiger partial charge on any atom is 0.319 e. The second kappa shape index (κ2) is 4.82. The van der Waals surface area contributed by atoms with Crippen LogP contribution in [0.1, 0.15) is 18.5 Å². The van der Waals surface area contributed by atoms with Crippen molar-refractivity contribution in [2.75, 3.05) is 11.9 Å². The molecule has 0 saturated heterocycles. The zero-order valence-electron chi connectivity index (χ0n) is 9.09. The molecule has 2 rings (SSSR count). The van der Waals surface area contributed by atoms with E-state index in [0.29, 0.717) is 11.6 Å². The summed E-state index contributed by atoms with van der Waals surface area (Å²) in [5.74, 6) is 0.689. The Hall–Kier alpha value is -1.10. The number of aromatic nitrogens is 1. The first-order valence-corrected chi connectivity index (χ1v) is 6.11. The molecule has 86 valence electrons. The van der Waals surface area contributed by atoms with E-state index in [0.717, 1.165) is 16.7 Å². The van der Waals surface area contributed by atoms with Crippen LogP contribution < -0.4 is 10.6 Å². The van der Waals surface area contributed by atoms with Gasteiger partial charge in [-0.05, 0) is 47.7 Å². The summed E-state index contributed by atoms with van der Waals surface area (Å²) < 4.78 is 0.896. The summed E-state index contributed by atoms with van der Waals surface area (Å²) in [5, 5.41) is 5.58. The van der Waals surface area contributed by atoms with E-state index in [1.165, 1.54) is 12.8 Å². The predicted octanol–water partition coefficient (Wildman–Crippen LogP) is 2.68. The van der Waals surface area contributed by atoms with Crippen molar-refractivity contribution in [1.29, 1.82) is 0 Å². The average molecular weight is 284 g/mol. The van der Waals surface area contributed by atoms with Crippen LogP contribution in [-0.2, 0) is 0 Å². The normalized spacial score (nSPS) is 14.6. The van der Waals surface area contributed by atoms with Crippen LogP contribution in [0.25, 0.3) is 0 Å². The van der Waals surface area contributed by atoms with Crippen molar-refractivity contribution < 1.29 is 4.79 Å². The molecule has 2 N–H and O–H groups in total. The minimum absolute atomic E-state index is 0.163. The van der Waals surface area contributed by atoms with Crippen LogP contribution in [0.5, 0.6) is 0 Å². The van der Waals surface area contributed by atoms with E-state index >= 15 is 0 Å². The molecule has 4 nitrogen and oxygen atoms in total. The number of hydrogen-bond donors (Lipinski definition) is 2. The SMILES string of the molecule is Cc1ncc(NC(=O)NCC2CC2)cc1Br. The van der Waals surface area contributed by atoms with Gasteiger partial charge in [0.15, 0.2) is 0 Å². The summed E-state index contributed by atoms with van der Waals surface area (Å²) in [6.45, 7) is 2.67. The fourth-order valence-corrected chi connectivity index (χ4v) is 1.66. The van der Waals surface area contributed by atoms with Gasteiger partial charge in [0.05, 0.1) is 17.6 Å². The first-order chi connectivity index (χ1) is 7.65. The number of hydrogen-bond acceptors (Lipinski definition) is 2. The Morgan fingerprint density at radius 3 is 3.00 bits per heavy atom. The number of nitrogens with one attached hydrogen (secondary N) is 2. The third-order valence-electron chi connectivity index (χ3n) is 2.53. The van der Waals surface area contributed by atoms with Crippen LogP contribution in [0.4, 0.5) is 10.5 Å². The van der Waals surface area contributed by atoms with Crippen molar-refractivity contribution in [2.24, 2.45) is 5.92 Å². The average Bonchev–Trinajstić information content (AvgIpc) is 3.04. The third kappa shape index (κ3) is 3.20. The van der Waals surface area contributed by atoms with Gasteiger partial charge in [0.1, 0.15) is 0 Å². The topological polar surface area (TPSA) is 54.0 Å². The van der Waals surface area contributed by atoms with Gasteiger partial charge in [-0.1, -0.05) is 0 Å². The van der Waals surface area contributed by atoms with Crippen LogP contribution in [0, 0.1) is 12.8 Å². The molecule has 0 atom stereocenters. The molecule has 1 heterocycles. The van der Waals surface area contributed by atoms with E-state index in [2.05, 4.69) is 31.5 Å². The molecule has 1 aromatic heterocycles. The summed E-state index contributed by atoms with van der Waals surface area (Å²) in [6.07, 6.45) is 4.12. The molecule has 1 aliphatic carbocycles. The molecular formula is C11H14BrN3O. The molecule has 16 heavy (non-hydrogen) atoms. The number of rotatable bonds is 3. The Morgan fingerprint density at radius 2 is 2.38 bits per heavy atom. The smallest absolute Gasteiger partial charge is 0.319 e. The zero-order valence-corrected chi connectivity index (χ0v) is 10.7. The lowest BCUT2D eigenvalue weighted by Gasteiger charge is -2.07. The van der Waals surface area contributed by atoms with Gasteiger partial charge in [0.25, 0.3) is 0 Å². The lowest BCUT2D eigenvalue weighted by Crippen LogP contribution is -2.30. The monoisotopic (exact) mass is 283 g/mol. The molecule has 1 aromatic rings. The van der Waals surface area contributed by atoms with Crippen molar-refractivity contribution in [3.63, 3.8) is 0 Å². The lowest BCUT2D eigenvalue weighted by atomic mass is 10.3. The van der Waals surface area contributed by atoms with Crippen molar-refractivity contribution in [1.82, 2.24) is 10.3 Å². The Bertz CT molecular complexity index is 404. The van der Waals surface area contributed by atoms with Gasteiger partial charge < -0.3 is 10.6 Å². The highest BCUT2D eigenvalue weighted by molar-refractivity contribution is 9.10. The number of aryl methyl sites for hydroxylation is 1. The third-order valence-corrected chi connectivity index (χ3v) is 3.33. The molecule has 1 fully saturated rings. The van der Waals surface area contributed by atoms with E-state index < -0.39 is 0 Å². The van der Waals surface area contributed by atoms with Gasteiger partial charge in [-0.15, -0.1) is 0 Å². The van der Waals surface area contributed by atoms with Crippen LogP contribution in [0.3, 0.4) is 0 Å². The van der Waals surface area contributed by atoms with Crippen LogP contribution in [-0.4, -0.2) is 17.6 Å². The quantitative estimate of drug-likeness (QED) is 0.896. The van der Waals surface area contributed by atoms with Gasteiger partial charge in [0, 0.05) is 11.0 Å². The molecule has 5 heteroatoms. The first kappa shape index (κ1) is 11.4. The molecule has 0 spiro atoms. The second-order valence-corrected chi connectivity index (χ2v) is 4.92. The molecule has 0 radical (unpaired) electrons. The number of carbonyl (C=O) groups is 1. The molecule has 1 aliphatic rings. The van der Waals surface area contributed by atoms with Gasteiger partial charge >= 0.3 is 6.03 Å². The predicted molar refractivity (Wildman–Crippen MR) is 66.4 cm³/mol. The second-order valence-electron chi connectivity index (χ2n) is 4.07. The number of halogens is 1. The van der Waals surface area contributed by atoms with Gasteiger partial charge in [-0.2, -0.15) is 0 Å². The number of nitrogens with zero attached hydrogens (tertiary/aromatic N) is 1. The van der Waals surface area contributed by atoms with Crippen LogP contribution in [0.2, 0.25) is 0 Å². The van der Waals surface area contributed by atoms with Gasteiger partial charge in [0.2, 0.25) is 0 Å². The van der Waals surface area contributed by atoms with E-state index in [9.17, 15) is 4.79 Å². The maximum absolute atomic E-state index is 11.5. The molecule has 0 aliphatic heterocycles. The van der Waals surface area contributed by atoms with E-state index in [1.54, 1.807) is 6.20 Å². The summed E-state index contributed by atoms with van der Waals surface area (Å²) in [7, 11) is 0. The van der Waals surface area contributed by atoms with Crippen molar-refractivity contribution in [3.8, 4) is 0 Å². The number of amides is 2. The molecule has 0 unspecified atom stereocenters. The zero-order chi connectivity index (χ0) is 11.5. The minimum atomic E-state index is -0.163. The largest absolute Gasteiger partial charge is 0.338 e. The highest BCUT2D eigenvalue weighted by atomic mass is 79.9. The number of pyridine rings is 1. The fraction of sp³-hybridized carbons (Fsp3) is 0.455. The summed E-state index contributed by atoms with van der Waals surface area (Å²) in [4.78, 5) is 15.6. The molecule has 2 amide bonds. The minimum Gasteiger partial charge on any atom is -0.338 e. The van der Waals surface area contributed by atoms with E-state index in [4.69, 9.17) is 0 Å². The summed E-state index contributed by atoms with van der Waals surface area (Å²) in [5.41, 5.74) is 1.61. The standard InChI is InChI=1S/C11H14BrN3O/c1-7-10(12)4-9(6-13-7)15-11(16)14-5-8-2-3-8/h4,6,8H,2-3,5H2,1H3,(H2,14,15,16). The van der Waals surface area contributed by atoms with Crippen LogP contribution in [0.15, 0.2) is 16.7 Å². The van der Waals surface area contributed by atoms with Crippen molar-refractivity contribution >= 4 is 27.6 Å². The van der Waals surface area contributed by atoms with Gasteiger partial charge in [-0.25, -0.2) is 4.79 Å². The first-order valence-electron chi connectivity index (χ1n) is 5.32. The molecule has 1 saturated carbocycles. The maximum atomic E-state index is 11.5. The van der Waals surface area contributed by atoms with E-state index in [1.807, 2.05) is 13.0 Å². The lowest BCUT2D eigenvalue weighted by molar-refractivity contribution is 0.251. The van der Waals surface area contributed by atoms with Crippen LogP contribution >= 0.6 is 15.9 Å². The summed E-state index contributed by atoms with van der Waals surface area (Å²) in [6, 6.07) is 1.68. The summed E-state index contributed by atoms with van der Waals surface area (Å²) >= 11 is 3.37. The fourth-order valence-electron chi connectivity index (χ4n) is 1.31. The van der Waals surface area contributed by atoms with Gasteiger partial charge in [-0.3, -0.25) is 4.98 Å². The molecule has 0 bridgehead atoms. The Balaban J connectivity index is 1.86.